The van der Waals surface area contributed by atoms with Gasteiger partial charge in [0.25, 0.3) is 0 Å². The van der Waals surface area contributed by atoms with Crippen LogP contribution in [0.3, 0.4) is 0 Å². The molecule has 1 N–H and O–H groups in total. The average Bonchev–Trinajstić information content (AvgIpc) is 1.77. The Kier molecular flexibility index (Phi) is 1.69. The molecule has 1 aliphatic rings. The molecule has 2 unspecified atom stereocenters. The lowest BCUT2D eigenvalue weighted by atomic mass is 9.95. The summed E-state index contributed by atoms with van der Waals surface area (Å²) in [5.41, 5.74) is 0. The van der Waals surface area contributed by atoms with Crippen molar-refractivity contribution in [2.45, 2.75) is 25.9 Å². The lowest BCUT2D eigenvalue weighted by Crippen LogP contribution is -2.17. The van der Waals surface area contributed by atoms with Crippen molar-refractivity contribution < 1.29 is 5.11 Å². The van der Waals surface area contributed by atoms with Gasteiger partial charge in [-0.25, -0.2) is 0 Å². The molecule has 0 aliphatic heterocycles. The van der Waals surface area contributed by atoms with E-state index < -0.39 is 0 Å². The van der Waals surface area contributed by atoms with Crippen molar-refractivity contribution in [1.82, 2.24) is 0 Å². The van der Waals surface area contributed by atoms with Crippen LogP contribution in [0, 0.1) is 5.92 Å². The highest BCUT2D eigenvalue weighted by molar-refractivity contribution is 4.94. The first-order valence-electron chi connectivity index (χ1n) is 3.15. The predicted molar refractivity (Wildman–Crippen MR) is 33.5 cm³/mol. The minimum Gasteiger partial charge on any atom is -0.393 e. The van der Waals surface area contributed by atoms with Crippen LogP contribution in [0.15, 0.2) is 12.2 Å². The Balaban J connectivity index is 2.47. The third-order valence-corrected chi connectivity index (χ3v) is 1.68. The zero-order valence-electron chi connectivity index (χ0n) is 5.17. The van der Waals surface area contributed by atoms with Gasteiger partial charge >= 0.3 is 0 Å². The summed E-state index contributed by atoms with van der Waals surface area (Å²) < 4.78 is 0. The molecular weight excluding hydrogens is 100 g/mol. The highest BCUT2D eigenvalue weighted by Gasteiger charge is 2.12. The van der Waals surface area contributed by atoms with Gasteiger partial charge < -0.3 is 5.11 Å². The standard InChI is InChI=1S/C7H12O/c1-6-4-2-3-5-7(6)8/h2,4,6-8H,3,5H2,1H3. The molecule has 0 saturated heterocycles. The summed E-state index contributed by atoms with van der Waals surface area (Å²) in [4.78, 5) is 0. The molecule has 46 valence electrons. The Hall–Kier alpha value is -0.300. The molecule has 1 nitrogen and oxygen atoms in total. The molecule has 0 aromatic carbocycles. The minimum absolute atomic E-state index is 0.0833. The molecular formula is C7H12O. The molecule has 1 heteroatoms. The zero-order chi connectivity index (χ0) is 5.98. The molecule has 0 spiro atoms. The van der Waals surface area contributed by atoms with Crippen LogP contribution in [0.4, 0.5) is 0 Å². The van der Waals surface area contributed by atoms with Crippen LogP contribution in [0.5, 0.6) is 0 Å². The van der Waals surface area contributed by atoms with Crippen molar-refractivity contribution in [1.29, 1.82) is 0 Å². The van der Waals surface area contributed by atoms with Gasteiger partial charge in [0.1, 0.15) is 0 Å². The molecule has 0 heterocycles. The van der Waals surface area contributed by atoms with Gasteiger partial charge in [-0.2, -0.15) is 0 Å². The monoisotopic (exact) mass is 112 g/mol. The van der Waals surface area contributed by atoms with E-state index in [4.69, 9.17) is 5.11 Å². The molecule has 1 aliphatic carbocycles. The predicted octanol–water partition coefficient (Wildman–Crippen LogP) is 1.33. The normalized spacial score (nSPS) is 37.8. The van der Waals surface area contributed by atoms with Crippen LogP contribution < -0.4 is 0 Å². The number of hydrogen-bond donors (Lipinski definition) is 1. The van der Waals surface area contributed by atoms with Gasteiger partial charge in [0.05, 0.1) is 6.10 Å². The number of aliphatic hydroxyl groups excluding tert-OH is 1. The molecule has 0 aromatic rings. The summed E-state index contributed by atoms with van der Waals surface area (Å²) in [6, 6.07) is 0. The van der Waals surface area contributed by atoms with Crippen molar-refractivity contribution in [2.24, 2.45) is 5.92 Å². The fourth-order valence-electron chi connectivity index (χ4n) is 0.969. The fourth-order valence-corrected chi connectivity index (χ4v) is 0.969. The molecule has 2 atom stereocenters. The van der Waals surface area contributed by atoms with Gasteiger partial charge in [-0.3, -0.25) is 0 Å². The number of allylic oxidation sites excluding steroid dienone is 1. The van der Waals surface area contributed by atoms with Crippen molar-refractivity contribution in [3.8, 4) is 0 Å². The molecule has 1 rings (SSSR count). The summed E-state index contributed by atoms with van der Waals surface area (Å²) in [7, 11) is 0. The first kappa shape index (κ1) is 5.83. The lowest BCUT2D eigenvalue weighted by molar-refractivity contribution is 0.124. The zero-order valence-corrected chi connectivity index (χ0v) is 5.17. The molecule has 0 amide bonds. The second-order valence-electron chi connectivity index (χ2n) is 2.43. The maximum atomic E-state index is 9.13. The van der Waals surface area contributed by atoms with Crippen molar-refractivity contribution in [3.05, 3.63) is 12.2 Å². The van der Waals surface area contributed by atoms with E-state index in [0.29, 0.717) is 5.92 Å². The first-order valence-corrected chi connectivity index (χ1v) is 3.15. The molecule has 0 fully saturated rings. The number of hydrogen-bond acceptors (Lipinski definition) is 1. The first-order chi connectivity index (χ1) is 3.80. The van der Waals surface area contributed by atoms with Crippen LogP contribution >= 0.6 is 0 Å². The quantitative estimate of drug-likeness (QED) is 0.469. The van der Waals surface area contributed by atoms with E-state index in [1.54, 1.807) is 0 Å². The molecule has 0 bridgehead atoms. The second kappa shape index (κ2) is 2.31. The van der Waals surface area contributed by atoms with E-state index in [-0.39, 0.29) is 6.10 Å². The Bertz CT molecular complexity index is 96.6. The van der Waals surface area contributed by atoms with Gasteiger partial charge in [0, 0.05) is 0 Å². The summed E-state index contributed by atoms with van der Waals surface area (Å²) in [5.74, 6) is 0.378. The highest BCUT2D eigenvalue weighted by Crippen LogP contribution is 2.16. The second-order valence-corrected chi connectivity index (χ2v) is 2.43. The summed E-state index contributed by atoms with van der Waals surface area (Å²) >= 11 is 0. The lowest BCUT2D eigenvalue weighted by Gasteiger charge is -2.17. The van der Waals surface area contributed by atoms with Crippen molar-refractivity contribution in [3.63, 3.8) is 0 Å². The minimum atomic E-state index is -0.0833. The van der Waals surface area contributed by atoms with Gasteiger partial charge in [0.15, 0.2) is 0 Å². The van der Waals surface area contributed by atoms with Crippen LogP contribution in [-0.2, 0) is 0 Å². The maximum Gasteiger partial charge on any atom is 0.0603 e. The van der Waals surface area contributed by atoms with Gasteiger partial charge in [-0.1, -0.05) is 19.1 Å². The molecule has 0 saturated carbocycles. The Morgan fingerprint density at radius 2 is 2.38 bits per heavy atom. The third kappa shape index (κ3) is 1.10. The van der Waals surface area contributed by atoms with E-state index in [1.165, 1.54) is 0 Å². The Labute approximate surface area is 50.0 Å². The topological polar surface area (TPSA) is 20.2 Å². The summed E-state index contributed by atoms with van der Waals surface area (Å²) in [5, 5.41) is 9.13. The van der Waals surface area contributed by atoms with E-state index >= 15 is 0 Å². The molecule has 0 aromatic heterocycles. The molecule has 8 heavy (non-hydrogen) atoms. The van der Waals surface area contributed by atoms with E-state index in [1.807, 2.05) is 6.92 Å². The average molecular weight is 112 g/mol. The van der Waals surface area contributed by atoms with Crippen LogP contribution in [-0.4, -0.2) is 11.2 Å². The fraction of sp³-hybridized carbons (Fsp3) is 0.714. The van der Waals surface area contributed by atoms with Crippen LogP contribution in [0.1, 0.15) is 19.8 Å². The summed E-state index contributed by atoms with van der Waals surface area (Å²) in [6.07, 6.45) is 6.12. The van der Waals surface area contributed by atoms with Gasteiger partial charge in [-0.15, -0.1) is 0 Å². The Morgan fingerprint density at radius 1 is 1.62 bits per heavy atom. The summed E-state index contributed by atoms with van der Waals surface area (Å²) in [6.45, 7) is 2.04. The SMILES string of the molecule is CC1C=CCCC1O. The van der Waals surface area contributed by atoms with Crippen molar-refractivity contribution in [2.75, 3.05) is 0 Å². The van der Waals surface area contributed by atoms with Crippen molar-refractivity contribution >= 4 is 0 Å². The third-order valence-electron chi connectivity index (χ3n) is 1.68. The van der Waals surface area contributed by atoms with Crippen LogP contribution in [0.2, 0.25) is 0 Å². The van der Waals surface area contributed by atoms with Gasteiger partial charge in [0.2, 0.25) is 0 Å². The maximum absolute atomic E-state index is 9.13. The van der Waals surface area contributed by atoms with Crippen LogP contribution in [0.25, 0.3) is 0 Å². The smallest absolute Gasteiger partial charge is 0.0603 e. The van der Waals surface area contributed by atoms with E-state index in [2.05, 4.69) is 12.2 Å². The number of rotatable bonds is 0. The highest BCUT2D eigenvalue weighted by atomic mass is 16.3. The Morgan fingerprint density at radius 3 is 2.75 bits per heavy atom. The van der Waals surface area contributed by atoms with Gasteiger partial charge in [-0.05, 0) is 18.8 Å². The van der Waals surface area contributed by atoms with E-state index in [9.17, 15) is 0 Å². The largest absolute Gasteiger partial charge is 0.393 e. The number of aliphatic hydroxyl groups is 1. The van der Waals surface area contributed by atoms with E-state index in [0.717, 1.165) is 12.8 Å². The molecule has 0 radical (unpaired) electrons.